The lowest BCUT2D eigenvalue weighted by atomic mass is 10.1. The first-order valence-corrected chi connectivity index (χ1v) is 6.43. The van der Waals surface area contributed by atoms with Gasteiger partial charge in [0, 0.05) is 23.4 Å². The minimum Gasteiger partial charge on any atom is -0.352 e. The molecule has 18 heavy (non-hydrogen) atoms. The second kappa shape index (κ2) is 6.31. The van der Waals surface area contributed by atoms with Crippen LogP contribution < -0.4 is 5.32 Å². The summed E-state index contributed by atoms with van der Waals surface area (Å²) in [5, 5.41) is 2.88. The Labute approximate surface area is 114 Å². The highest BCUT2D eigenvalue weighted by atomic mass is 79.9. The van der Waals surface area contributed by atoms with Crippen LogP contribution >= 0.6 is 15.9 Å². The summed E-state index contributed by atoms with van der Waals surface area (Å²) in [7, 11) is 0. The van der Waals surface area contributed by atoms with Gasteiger partial charge in [-0.2, -0.15) is 0 Å². The maximum Gasteiger partial charge on any atom is 0.224 e. The number of hydrogen-bond donors (Lipinski definition) is 1. The standard InChI is InChI=1S/C14H13BrN2O/c15-13-3-1-2-12(8-13)9-14(18)17-10-11-4-6-16-7-5-11/h1-8H,9-10H2,(H,17,18). The van der Waals surface area contributed by atoms with E-state index in [1.165, 1.54) is 0 Å². The molecule has 0 atom stereocenters. The van der Waals surface area contributed by atoms with Crippen molar-refractivity contribution in [2.24, 2.45) is 0 Å². The van der Waals surface area contributed by atoms with Crippen molar-refractivity contribution < 1.29 is 4.79 Å². The SMILES string of the molecule is O=C(Cc1cccc(Br)c1)NCc1ccncc1. The van der Waals surface area contributed by atoms with E-state index in [1.54, 1.807) is 12.4 Å². The molecule has 1 aromatic carbocycles. The van der Waals surface area contributed by atoms with Crippen LogP contribution in [0.2, 0.25) is 0 Å². The molecule has 0 aliphatic heterocycles. The zero-order chi connectivity index (χ0) is 12.8. The van der Waals surface area contributed by atoms with Gasteiger partial charge in [-0.05, 0) is 35.4 Å². The van der Waals surface area contributed by atoms with E-state index in [2.05, 4.69) is 26.2 Å². The average molecular weight is 305 g/mol. The van der Waals surface area contributed by atoms with Crippen molar-refractivity contribution in [1.82, 2.24) is 10.3 Å². The molecule has 0 saturated heterocycles. The van der Waals surface area contributed by atoms with Crippen LogP contribution in [0.25, 0.3) is 0 Å². The van der Waals surface area contributed by atoms with E-state index in [-0.39, 0.29) is 5.91 Å². The Kier molecular flexibility index (Phi) is 4.47. The Bertz CT molecular complexity index is 528. The van der Waals surface area contributed by atoms with Gasteiger partial charge in [-0.15, -0.1) is 0 Å². The molecule has 1 aromatic heterocycles. The number of benzene rings is 1. The summed E-state index contributed by atoms with van der Waals surface area (Å²) in [6.45, 7) is 0.537. The van der Waals surface area contributed by atoms with Gasteiger partial charge in [-0.1, -0.05) is 28.1 Å². The number of aromatic nitrogens is 1. The van der Waals surface area contributed by atoms with E-state index in [9.17, 15) is 4.79 Å². The molecule has 1 heterocycles. The predicted octanol–water partition coefficient (Wildman–Crippen LogP) is 2.70. The number of rotatable bonds is 4. The van der Waals surface area contributed by atoms with Crippen molar-refractivity contribution in [2.75, 3.05) is 0 Å². The lowest BCUT2D eigenvalue weighted by Gasteiger charge is -2.05. The van der Waals surface area contributed by atoms with E-state index in [0.717, 1.165) is 15.6 Å². The van der Waals surface area contributed by atoms with Gasteiger partial charge in [0.15, 0.2) is 0 Å². The number of carbonyl (C=O) groups excluding carboxylic acids is 1. The number of pyridine rings is 1. The van der Waals surface area contributed by atoms with E-state index in [4.69, 9.17) is 0 Å². The Morgan fingerprint density at radius 2 is 1.94 bits per heavy atom. The molecule has 3 nitrogen and oxygen atoms in total. The van der Waals surface area contributed by atoms with Gasteiger partial charge in [-0.25, -0.2) is 0 Å². The summed E-state index contributed by atoms with van der Waals surface area (Å²) < 4.78 is 0.988. The maximum atomic E-state index is 11.8. The molecule has 0 unspecified atom stereocenters. The third-order valence-corrected chi connectivity index (χ3v) is 2.99. The second-order valence-corrected chi connectivity index (χ2v) is 4.85. The van der Waals surface area contributed by atoms with Crippen LogP contribution in [0.5, 0.6) is 0 Å². The van der Waals surface area contributed by atoms with Gasteiger partial charge < -0.3 is 5.32 Å². The number of nitrogens with zero attached hydrogens (tertiary/aromatic N) is 1. The molecule has 0 spiro atoms. The Morgan fingerprint density at radius 3 is 2.67 bits per heavy atom. The molecule has 1 amide bonds. The summed E-state index contributed by atoms with van der Waals surface area (Å²) in [5.41, 5.74) is 2.05. The van der Waals surface area contributed by atoms with Crippen molar-refractivity contribution in [3.8, 4) is 0 Å². The molecular weight excluding hydrogens is 292 g/mol. The van der Waals surface area contributed by atoms with Gasteiger partial charge in [0.2, 0.25) is 5.91 Å². The minimum atomic E-state index is 0.0184. The van der Waals surface area contributed by atoms with E-state index < -0.39 is 0 Å². The lowest BCUT2D eigenvalue weighted by molar-refractivity contribution is -0.120. The quantitative estimate of drug-likeness (QED) is 0.943. The van der Waals surface area contributed by atoms with Crippen LogP contribution in [0.1, 0.15) is 11.1 Å². The largest absolute Gasteiger partial charge is 0.352 e. The molecule has 92 valence electrons. The molecule has 0 bridgehead atoms. The smallest absolute Gasteiger partial charge is 0.224 e. The second-order valence-electron chi connectivity index (χ2n) is 3.94. The number of halogens is 1. The minimum absolute atomic E-state index is 0.0184. The van der Waals surface area contributed by atoms with Crippen molar-refractivity contribution in [3.63, 3.8) is 0 Å². The summed E-state index contributed by atoms with van der Waals surface area (Å²) in [5.74, 6) is 0.0184. The zero-order valence-electron chi connectivity index (χ0n) is 9.77. The monoisotopic (exact) mass is 304 g/mol. The number of nitrogens with one attached hydrogen (secondary N) is 1. The average Bonchev–Trinajstić information content (AvgIpc) is 2.38. The molecule has 0 radical (unpaired) electrons. The Balaban J connectivity index is 1.86. The number of carbonyl (C=O) groups is 1. The topological polar surface area (TPSA) is 42.0 Å². The molecule has 0 saturated carbocycles. The van der Waals surface area contributed by atoms with E-state index in [0.29, 0.717) is 13.0 Å². The molecule has 2 aromatic rings. The fraction of sp³-hybridized carbons (Fsp3) is 0.143. The Morgan fingerprint density at radius 1 is 1.17 bits per heavy atom. The van der Waals surface area contributed by atoms with Crippen molar-refractivity contribution in [3.05, 3.63) is 64.4 Å². The van der Waals surface area contributed by atoms with Crippen molar-refractivity contribution >= 4 is 21.8 Å². The number of hydrogen-bond acceptors (Lipinski definition) is 2. The lowest BCUT2D eigenvalue weighted by Crippen LogP contribution is -2.24. The fourth-order valence-electron chi connectivity index (χ4n) is 1.60. The molecule has 4 heteroatoms. The highest BCUT2D eigenvalue weighted by Gasteiger charge is 2.03. The van der Waals surface area contributed by atoms with Gasteiger partial charge in [0.1, 0.15) is 0 Å². The highest BCUT2D eigenvalue weighted by Crippen LogP contribution is 2.11. The molecule has 2 rings (SSSR count). The van der Waals surface area contributed by atoms with Crippen LogP contribution in [0, 0.1) is 0 Å². The van der Waals surface area contributed by atoms with Crippen LogP contribution in [0.4, 0.5) is 0 Å². The van der Waals surface area contributed by atoms with Crippen molar-refractivity contribution in [1.29, 1.82) is 0 Å². The van der Waals surface area contributed by atoms with Gasteiger partial charge in [0.25, 0.3) is 0 Å². The van der Waals surface area contributed by atoms with Crippen molar-refractivity contribution in [2.45, 2.75) is 13.0 Å². The Hall–Kier alpha value is -1.68. The molecule has 0 fully saturated rings. The predicted molar refractivity (Wildman–Crippen MR) is 73.9 cm³/mol. The third-order valence-electron chi connectivity index (χ3n) is 2.49. The molecule has 0 aliphatic carbocycles. The van der Waals surface area contributed by atoms with Gasteiger partial charge in [0.05, 0.1) is 6.42 Å². The first kappa shape index (κ1) is 12.8. The normalized spacial score (nSPS) is 10.1. The summed E-state index contributed by atoms with van der Waals surface area (Å²) in [6, 6.07) is 11.5. The first-order valence-electron chi connectivity index (χ1n) is 5.64. The zero-order valence-corrected chi connectivity index (χ0v) is 11.4. The van der Waals surface area contributed by atoms with Crippen LogP contribution in [0.3, 0.4) is 0 Å². The van der Waals surface area contributed by atoms with E-state index in [1.807, 2.05) is 36.4 Å². The summed E-state index contributed by atoms with van der Waals surface area (Å²) in [4.78, 5) is 15.7. The van der Waals surface area contributed by atoms with Crippen LogP contribution in [-0.2, 0) is 17.8 Å². The maximum absolute atomic E-state index is 11.8. The third kappa shape index (κ3) is 3.96. The fourth-order valence-corrected chi connectivity index (χ4v) is 2.04. The van der Waals surface area contributed by atoms with Crippen LogP contribution in [-0.4, -0.2) is 10.9 Å². The van der Waals surface area contributed by atoms with E-state index >= 15 is 0 Å². The molecular formula is C14H13BrN2O. The van der Waals surface area contributed by atoms with Gasteiger partial charge in [-0.3, -0.25) is 9.78 Å². The highest BCUT2D eigenvalue weighted by molar-refractivity contribution is 9.10. The van der Waals surface area contributed by atoms with Crippen LogP contribution in [0.15, 0.2) is 53.3 Å². The first-order chi connectivity index (χ1) is 8.74. The number of amides is 1. The molecule has 0 aliphatic rings. The summed E-state index contributed by atoms with van der Waals surface area (Å²) in [6.07, 6.45) is 3.83. The molecule has 1 N–H and O–H groups in total. The summed E-state index contributed by atoms with van der Waals surface area (Å²) >= 11 is 3.39. The van der Waals surface area contributed by atoms with Gasteiger partial charge >= 0.3 is 0 Å².